The molecular formula is C17H13F3O4. The van der Waals surface area contributed by atoms with Crippen molar-refractivity contribution in [2.45, 2.75) is 12.8 Å². The van der Waals surface area contributed by atoms with E-state index < -0.39 is 30.1 Å². The van der Waals surface area contributed by atoms with E-state index in [2.05, 4.69) is 0 Å². The Morgan fingerprint density at radius 2 is 1.67 bits per heavy atom. The Morgan fingerprint density at radius 3 is 2.25 bits per heavy atom. The maximum absolute atomic E-state index is 12.6. The van der Waals surface area contributed by atoms with Crippen molar-refractivity contribution in [3.8, 4) is 0 Å². The number of Topliss-reactive ketones (excluding diaryl/α,β-unsaturated/α-hetero) is 1. The molecule has 0 aliphatic carbocycles. The van der Waals surface area contributed by atoms with Crippen molar-refractivity contribution in [3.05, 3.63) is 70.8 Å². The van der Waals surface area contributed by atoms with Crippen molar-refractivity contribution in [3.63, 3.8) is 0 Å². The minimum absolute atomic E-state index is 0.170. The van der Waals surface area contributed by atoms with Crippen LogP contribution in [-0.2, 0) is 17.5 Å². The number of carbonyl (C=O) groups is 2. The fourth-order valence-electron chi connectivity index (χ4n) is 1.91. The number of hydrogen-bond acceptors (Lipinski definition) is 4. The van der Waals surface area contributed by atoms with Crippen molar-refractivity contribution >= 4 is 11.8 Å². The monoisotopic (exact) mass is 338 g/mol. The summed E-state index contributed by atoms with van der Waals surface area (Å²) in [6.45, 7) is -0.842. The van der Waals surface area contributed by atoms with E-state index in [1.165, 1.54) is 30.3 Å². The Hall–Kier alpha value is -2.67. The summed E-state index contributed by atoms with van der Waals surface area (Å²) < 4.78 is 42.7. The maximum atomic E-state index is 12.6. The van der Waals surface area contributed by atoms with Gasteiger partial charge in [-0.05, 0) is 29.8 Å². The van der Waals surface area contributed by atoms with Crippen molar-refractivity contribution in [2.24, 2.45) is 0 Å². The summed E-state index contributed by atoms with van der Waals surface area (Å²) in [7, 11) is 0. The van der Waals surface area contributed by atoms with Gasteiger partial charge in [0.2, 0.25) is 0 Å². The van der Waals surface area contributed by atoms with E-state index in [9.17, 15) is 22.8 Å². The van der Waals surface area contributed by atoms with E-state index in [1.54, 1.807) is 0 Å². The summed E-state index contributed by atoms with van der Waals surface area (Å²) >= 11 is 0. The van der Waals surface area contributed by atoms with Crippen LogP contribution >= 0.6 is 0 Å². The number of carbonyl (C=O) groups excluding carboxylic acids is 2. The first-order valence-corrected chi connectivity index (χ1v) is 6.88. The van der Waals surface area contributed by atoms with Crippen LogP contribution in [-0.4, -0.2) is 23.5 Å². The molecule has 2 rings (SSSR count). The van der Waals surface area contributed by atoms with Crippen LogP contribution in [0.2, 0.25) is 0 Å². The largest absolute Gasteiger partial charge is 0.454 e. The van der Waals surface area contributed by atoms with Crippen molar-refractivity contribution in [2.75, 3.05) is 6.61 Å². The molecule has 0 aliphatic heterocycles. The fourth-order valence-corrected chi connectivity index (χ4v) is 1.91. The standard InChI is InChI=1S/C17H13F3O4/c18-17(19,20)14-3-1-2-13(8-14)15(22)10-24-16(23)12-6-4-11(9-21)5-7-12/h1-8,21H,9-10H2. The van der Waals surface area contributed by atoms with Crippen LogP contribution in [0.4, 0.5) is 13.2 Å². The van der Waals surface area contributed by atoms with Gasteiger partial charge in [-0.2, -0.15) is 13.2 Å². The normalized spacial score (nSPS) is 11.2. The third kappa shape index (κ3) is 4.42. The molecule has 0 radical (unpaired) electrons. The van der Waals surface area contributed by atoms with Gasteiger partial charge in [0, 0.05) is 5.56 Å². The topological polar surface area (TPSA) is 63.6 Å². The molecule has 24 heavy (non-hydrogen) atoms. The van der Waals surface area contributed by atoms with Gasteiger partial charge in [-0.3, -0.25) is 4.79 Å². The van der Waals surface area contributed by atoms with E-state index in [0.29, 0.717) is 11.6 Å². The lowest BCUT2D eigenvalue weighted by molar-refractivity contribution is -0.137. The van der Waals surface area contributed by atoms with E-state index in [0.717, 1.165) is 12.1 Å². The van der Waals surface area contributed by atoms with Gasteiger partial charge in [-0.15, -0.1) is 0 Å². The summed E-state index contributed by atoms with van der Waals surface area (Å²) in [5.41, 5.74) is -0.358. The molecule has 0 unspecified atom stereocenters. The summed E-state index contributed by atoms with van der Waals surface area (Å²) in [5.74, 6) is -1.51. The van der Waals surface area contributed by atoms with Crippen LogP contribution in [0, 0.1) is 0 Å². The minimum Gasteiger partial charge on any atom is -0.454 e. The van der Waals surface area contributed by atoms with Gasteiger partial charge in [0.25, 0.3) is 0 Å². The van der Waals surface area contributed by atoms with E-state index in [4.69, 9.17) is 9.84 Å². The number of ether oxygens (including phenoxy) is 1. The van der Waals surface area contributed by atoms with Crippen molar-refractivity contribution in [1.82, 2.24) is 0 Å². The lowest BCUT2D eigenvalue weighted by atomic mass is 10.1. The third-order valence-electron chi connectivity index (χ3n) is 3.22. The lowest BCUT2D eigenvalue weighted by Gasteiger charge is -2.08. The Morgan fingerprint density at radius 1 is 1.00 bits per heavy atom. The molecule has 0 aromatic heterocycles. The van der Waals surface area contributed by atoms with Crippen LogP contribution in [0.25, 0.3) is 0 Å². The number of alkyl halides is 3. The zero-order valence-electron chi connectivity index (χ0n) is 12.3. The predicted octanol–water partition coefficient (Wildman–Crippen LogP) is 3.24. The number of esters is 1. The number of benzene rings is 2. The van der Waals surface area contributed by atoms with Crippen LogP contribution in [0.3, 0.4) is 0 Å². The Labute approximate surface area is 135 Å². The van der Waals surface area contributed by atoms with Gasteiger partial charge in [-0.1, -0.05) is 24.3 Å². The number of aliphatic hydroxyl groups is 1. The summed E-state index contributed by atoms with van der Waals surface area (Å²) in [5, 5.41) is 8.91. The molecule has 0 saturated carbocycles. The maximum Gasteiger partial charge on any atom is 0.416 e. The molecule has 0 aliphatic rings. The zero-order valence-corrected chi connectivity index (χ0v) is 12.3. The van der Waals surface area contributed by atoms with Gasteiger partial charge >= 0.3 is 12.1 Å². The molecule has 0 bridgehead atoms. The first kappa shape index (κ1) is 17.7. The molecule has 0 amide bonds. The van der Waals surface area contributed by atoms with Crippen molar-refractivity contribution < 1.29 is 32.6 Å². The first-order chi connectivity index (χ1) is 11.3. The summed E-state index contributed by atoms with van der Waals surface area (Å²) in [4.78, 5) is 23.7. The highest BCUT2D eigenvalue weighted by Gasteiger charge is 2.30. The molecular weight excluding hydrogens is 325 g/mol. The number of hydrogen-bond donors (Lipinski definition) is 1. The zero-order chi connectivity index (χ0) is 17.7. The molecule has 0 spiro atoms. The molecule has 2 aromatic carbocycles. The Bertz CT molecular complexity index is 736. The Kier molecular flexibility index (Phi) is 5.35. The smallest absolute Gasteiger partial charge is 0.416 e. The highest BCUT2D eigenvalue weighted by atomic mass is 19.4. The van der Waals surface area contributed by atoms with E-state index in [1.807, 2.05) is 0 Å². The molecule has 0 atom stereocenters. The average Bonchev–Trinajstić information content (AvgIpc) is 2.58. The van der Waals surface area contributed by atoms with Gasteiger partial charge in [0.15, 0.2) is 12.4 Å². The van der Waals surface area contributed by atoms with E-state index in [-0.39, 0.29) is 17.7 Å². The summed E-state index contributed by atoms with van der Waals surface area (Å²) in [6, 6.07) is 9.78. The molecule has 2 aromatic rings. The molecule has 0 heterocycles. The lowest BCUT2D eigenvalue weighted by Crippen LogP contribution is -2.15. The second kappa shape index (κ2) is 7.27. The molecule has 7 heteroatoms. The van der Waals surface area contributed by atoms with E-state index >= 15 is 0 Å². The number of ketones is 1. The van der Waals surface area contributed by atoms with Gasteiger partial charge < -0.3 is 9.84 Å². The fraction of sp³-hybridized carbons (Fsp3) is 0.176. The highest BCUT2D eigenvalue weighted by Crippen LogP contribution is 2.29. The predicted molar refractivity (Wildman–Crippen MR) is 78.4 cm³/mol. The van der Waals surface area contributed by atoms with Crippen LogP contribution in [0.5, 0.6) is 0 Å². The number of rotatable bonds is 5. The molecule has 0 saturated heterocycles. The molecule has 0 fully saturated rings. The molecule has 4 nitrogen and oxygen atoms in total. The quantitative estimate of drug-likeness (QED) is 0.671. The number of aliphatic hydroxyl groups excluding tert-OH is 1. The van der Waals surface area contributed by atoms with Crippen LogP contribution in [0.1, 0.15) is 31.8 Å². The summed E-state index contributed by atoms with van der Waals surface area (Å²) in [6.07, 6.45) is -4.55. The van der Waals surface area contributed by atoms with Crippen molar-refractivity contribution in [1.29, 1.82) is 0 Å². The minimum atomic E-state index is -4.55. The second-order valence-corrected chi connectivity index (χ2v) is 4.93. The van der Waals surface area contributed by atoms with Crippen LogP contribution < -0.4 is 0 Å². The highest BCUT2D eigenvalue weighted by molar-refractivity contribution is 5.99. The van der Waals surface area contributed by atoms with Gasteiger partial charge in [0.05, 0.1) is 17.7 Å². The van der Waals surface area contributed by atoms with Gasteiger partial charge in [-0.25, -0.2) is 4.79 Å². The SMILES string of the molecule is O=C(COC(=O)c1ccc(CO)cc1)c1cccc(C(F)(F)F)c1. The average molecular weight is 338 g/mol. The second-order valence-electron chi connectivity index (χ2n) is 4.93. The Balaban J connectivity index is 2.01. The first-order valence-electron chi connectivity index (χ1n) is 6.88. The van der Waals surface area contributed by atoms with Gasteiger partial charge in [0.1, 0.15) is 0 Å². The van der Waals surface area contributed by atoms with Crippen LogP contribution in [0.15, 0.2) is 48.5 Å². The third-order valence-corrected chi connectivity index (χ3v) is 3.22. The molecule has 126 valence electrons. The number of halogens is 3. The molecule has 1 N–H and O–H groups in total.